The summed E-state index contributed by atoms with van der Waals surface area (Å²) in [6.07, 6.45) is 0.701. The molecule has 3 aromatic rings. The van der Waals surface area contributed by atoms with E-state index in [2.05, 4.69) is 0 Å². The van der Waals surface area contributed by atoms with Gasteiger partial charge in [-0.15, -0.1) is 0 Å². The summed E-state index contributed by atoms with van der Waals surface area (Å²) in [7, 11) is 0. The van der Waals surface area contributed by atoms with Gasteiger partial charge in [0.05, 0.1) is 5.56 Å². The normalized spacial score (nSPS) is 12.0. The van der Waals surface area contributed by atoms with Gasteiger partial charge in [-0.1, -0.05) is 67.6 Å². The van der Waals surface area contributed by atoms with Crippen molar-refractivity contribution in [2.75, 3.05) is 0 Å². The lowest BCUT2D eigenvalue weighted by molar-refractivity contribution is 0.434. The zero-order valence-electron chi connectivity index (χ0n) is 12.9. The van der Waals surface area contributed by atoms with E-state index in [-0.39, 0.29) is 11.7 Å². The van der Waals surface area contributed by atoms with Crippen LogP contribution in [0, 0.1) is 0 Å². The van der Waals surface area contributed by atoms with E-state index in [1.54, 1.807) is 0 Å². The molecule has 0 aliphatic carbocycles. The molecule has 0 aliphatic rings. The molecule has 0 saturated heterocycles. The van der Waals surface area contributed by atoms with E-state index in [0.717, 1.165) is 11.1 Å². The second-order valence-corrected chi connectivity index (χ2v) is 5.43. The first kappa shape index (κ1) is 15.1. The van der Waals surface area contributed by atoms with Crippen LogP contribution < -0.4 is 5.63 Å². The van der Waals surface area contributed by atoms with Gasteiger partial charge in [-0.25, -0.2) is 4.79 Å². The van der Waals surface area contributed by atoms with E-state index in [1.807, 2.05) is 67.6 Å². The molecule has 0 radical (unpaired) electrons. The van der Waals surface area contributed by atoms with Gasteiger partial charge in [0.1, 0.15) is 11.5 Å². The van der Waals surface area contributed by atoms with Gasteiger partial charge in [0.2, 0.25) is 0 Å². The molecule has 0 fully saturated rings. The molecule has 3 nitrogen and oxygen atoms in total. The van der Waals surface area contributed by atoms with Crippen LogP contribution in [0.5, 0.6) is 5.75 Å². The van der Waals surface area contributed by atoms with Crippen molar-refractivity contribution in [1.29, 1.82) is 0 Å². The first-order valence-corrected chi connectivity index (χ1v) is 7.68. The largest absolute Gasteiger partial charge is 0.507 e. The second-order valence-electron chi connectivity index (χ2n) is 5.43. The van der Waals surface area contributed by atoms with Gasteiger partial charge < -0.3 is 9.52 Å². The van der Waals surface area contributed by atoms with Gasteiger partial charge in [-0.2, -0.15) is 0 Å². The van der Waals surface area contributed by atoms with Crippen molar-refractivity contribution in [2.24, 2.45) is 0 Å². The van der Waals surface area contributed by atoms with Crippen LogP contribution in [0.15, 0.2) is 75.9 Å². The van der Waals surface area contributed by atoms with Crippen molar-refractivity contribution in [2.45, 2.75) is 19.3 Å². The van der Waals surface area contributed by atoms with Gasteiger partial charge in [0.25, 0.3) is 0 Å². The zero-order valence-corrected chi connectivity index (χ0v) is 12.9. The van der Waals surface area contributed by atoms with Crippen molar-refractivity contribution in [1.82, 2.24) is 0 Å². The van der Waals surface area contributed by atoms with Crippen LogP contribution in [0.3, 0.4) is 0 Å². The van der Waals surface area contributed by atoms with Crippen molar-refractivity contribution in [3.05, 3.63) is 88.3 Å². The highest BCUT2D eigenvalue weighted by Gasteiger charge is 2.22. The first-order chi connectivity index (χ1) is 11.2. The number of rotatable bonds is 4. The van der Waals surface area contributed by atoms with Gasteiger partial charge in [0.15, 0.2) is 0 Å². The molecule has 1 atom stereocenters. The molecular formula is C20H18O3. The summed E-state index contributed by atoms with van der Waals surface area (Å²) in [5.41, 5.74) is 1.59. The monoisotopic (exact) mass is 306 g/mol. The quantitative estimate of drug-likeness (QED) is 0.769. The van der Waals surface area contributed by atoms with E-state index in [9.17, 15) is 9.90 Å². The molecule has 0 saturated carbocycles. The molecule has 0 spiro atoms. The maximum absolute atomic E-state index is 12.5. The molecule has 2 aromatic carbocycles. The first-order valence-electron chi connectivity index (χ1n) is 7.68. The highest BCUT2D eigenvalue weighted by Crippen LogP contribution is 2.33. The summed E-state index contributed by atoms with van der Waals surface area (Å²) in [4.78, 5) is 12.5. The van der Waals surface area contributed by atoms with Gasteiger partial charge in [-0.3, -0.25) is 0 Å². The summed E-state index contributed by atoms with van der Waals surface area (Å²) < 4.78 is 5.46. The van der Waals surface area contributed by atoms with E-state index < -0.39 is 5.63 Å². The molecule has 0 amide bonds. The molecule has 23 heavy (non-hydrogen) atoms. The molecule has 0 aliphatic heterocycles. The molecule has 1 heterocycles. The van der Waals surface area contributed by atoms with Crippen molar-refractivity contribution >= 4 is 0 Å². The predicted molar refractivity (Wildman–Crippen MR) is 90.7 cm³/mol. The van der Waals surface area contributed by atoms with Crippen LogP contribution in [-0.2, 0) is 0 Å². The fourth-order valence-corrected chi connectivity index (χ4v) is 2.85. The van der Waals surface area contributed by atoms with Gasteiger partial charge in [0, 0.05) is 17.5 Å². The fourth-order valence-electron chi connectivity index (χ4n) is 2.85. The van der Waals surface area contributed by atoms with Crippen LogP contribution in [0.2, 0.25) is 0 Å². The van der Waals surface area contributed by atoms with Gasteiger partial charge >= 0.3 is 5.63 Å². The minimum atomic E-state index is -0.487. The highest BCUT2D eigenvalue weighted by molar-refractivity contribution is 5.59. The smallest absolute Gasteiger partial charge is 0.343 e. The van der Waals surface area contributed by atoms with E-state index in [0.29, 0.717) is 17.7 Å². The lowest BCUT2D eigenvalue weighted by Crippen LogP contribution is -2.14. The molecule has 1 aromatic heterocycles. The Morgan fingerprint density at radius 2 is 1.61 bits per heavy atom. The Balaban J connectivity index is 2.09. The average molecular weight is 306 g/mol. The Labute approximate surface area is 134 Å². The fraction of sp³-hybridized carbons (Fsp3) is 0.150. The van der Waals surface area contributed by atoms with E-state index >= 15 is 0 Å². The molecule has 1 N–H and O–H groups in total. The van der Waals surface area contributed by atoms with Crippen LogP contribution >= 0.6 is 0 Å². The van der Waals surface area contributed by atoms with Crippen molar-refractivity contribution in [3.8, 4) is 17.1 Å². The Bertz CT molecular complexity index is 836. The predicted octanol–water partition coefficient (Wildman–Crippen LogP) is 4.55. The molecule has 1 unspecified atom stereocenters. The molecular weight excluding hydrogens is 288 g/mol. The number of hydrogen-bond acceptors (Lipinski definition) is 3. The van der Waals surface area contributed by atoms with Crippen LogP contribution in [0.25, 0.3) is 11.3 Å². The maximum Gasteiger partial charge on any atom is 0.343 e. The summed E-state index contributed by atoms with van der Waals surface area (Å²) >= 11 is 0. The lowest BCUT2D eigenvalue weighted by atomic mass is 9.89. The third-order valence-electron chi connectivity index (χ3n) is 3.98. The van der Waals surface area contributed by atoms with Crippen molar-refractivity contribution < 1.29 is 9.52 Å². The topological polar surface area (TPSA) is 50.4 Å². The maximum atomic E-state index is 12.5. The molecule has 116 valence electrons. The SMILES string of the molecule is CCC(c1ccccc1)c1c(O)cc(-c2ccccc2)oc1=O. The van der Waals surface area contributed by atoms with Crippen LogP contribution in [0.1, 0.15) is 30.4 Å². The Hall–Kier alpha value is -2.81. The van der Waals surface area contributed by atoms with E-state index in [1.165, 1.54) is 6.07 Å². The highest BCUT2D eigenvalue weighted by atomic mass is 16.4. The van der Waals surface area contributed by atoms with Gasteiger partial charge in [-0.05, 0) is 12.0 Å². The number of hydrogen-bond donors (Lipinski definition) is 1. The summed E-state index contributed by atoms with van der Waals surface area (Å²) in [6.45, 7) is 1.99. The molecule has 0 bridgehead atoms. The lowest BCUT2D eigenvalue weighted by Gasteiger charge is -2.16. The molecule has 3 heteroatoms. The summed E-state index contributed by atoms with van der Waals surface area (Å²) in [6, 6.07) is 20.5. The zero-order chi connectivity index (χ0) is 16.2. The minimum Gasteiger partial charge on any atom is -0.507 e. The standard InChI is InChI=1S/C20H18O3/c1-2-16(14-9-5-3-6-10-14)19-17(21)13-18(23-20(19)22)15-11-7-4-8-12-15/h3-13,16,21H,2H2,1H3. The average Bonchev–Trinajstić information content (AvgIpc) is 2.59. The second kappa shape index (κ2) is 6.53. The minimum absolute atomic E-state index is 0.0178. The number of benzene rings is 2. The Morgan fingerprint density at radius 1 is 1.00 bits per heavy atom. The summed E-state index contributed by atoms with van der Waals surface area (Å²) in [5.74, 6) is 0.174. The van der Waals surface area contributed by atoms with E-state index in [4.69, 9.17) is 4.42 Å². The number of aromatic hydroxyl groups is 1. The molecule has 3 rings (SSSR count). The third-order valence-corrected chi connectivity index (χ3v) is 3.98. The summed E-state index contributed by atoms with van der Waals surface area (Å²) in [5, 5.41) is 10.4. The van der Waals surface area contributed by atoms with Crippen LogP contribution in [0.4, 0.5) is 0 Å². The van der Waals surface area contributed by atoms with Crippen LogP contribution in [-0.4, -0.2) is 5.11 Å². The Kier molecular flexibility index (Phi) is 4.29. The third kappa shape index (κ3) is 3.04. The van der Waals surface area contributed by atoms with Crippen molar-refractivity contribution in [3.63, 3.8) is 0 Å². The Morgan fingerprint density at radius 3 is 2.17 bits per heavy atom.